The predicted molar refractivity (Wildman–Crippen MR) is 113 cm³/mol. The molecule has 0 radical (unpaired) electrons. The fraction of sp³-hybridized carbons (Fsp3) is 0.667. The second kappa shape index (κ2) is 11.2. The molecule has 0 unspecified atom stereocenters. The maximum absolute atomic E-state index is 14.4. The lowest BCUT2D eigenvalue weighted by Crippen LogP contribution is -2.42. The normalized spacial score (nSPS) is 22.1. The van der Waals surface area contributed by atoms with Gasteiger partial charge in [-0.1, -0.05) is 0 Å². The van der Waals surface area contributed by atoms with Crippen molar-refractivity contribution in [2.24, 2.45) is 0 Å². The number of esters is 1. The highest BCUT2D eigenvalue weighted by Crippen LogP contribution is 2.44. The molecule has 1 aliphatic heterocycles. The molecule has 3 atom stereocenters. The van der Waals surface area contributed by atoms with Crippen molar-refractivity contribution in [3.05, 3.63) is 22.7 Å². The van der Waals surface area contributed by atoms with E-state index in [1.54, 1.807) is 0 Å². The Morgan fingerprint density at radius 1 is 1.34 bits per heavy atom. The van der Waals surface area contributed by atoms with Crippen LogP contribution in [-0.2, 0) is 28.2 Å². The van der Waals surface area contributed by atoms with Gasteiger partial charge in [0.15, 0.2) is 12.7 Å². The average Bonchev–Trinajstić information content (AvgIpc) is 2.93. The molecule has 1 amide bonds. The molecule has 198 valence electrons. The Labute approximate surface area is 197 Å². The number of alkyl halides is 2. The molecule has 1 aromatic rings. The van der Waals surface area contributed by atoms with Crippen molar-refractivity contribution in [3.63, 3.8) is 0 Å². The van der Waals surface area contributed by atoms with Crippen molar-refractivity contribution >= 4 is 25.5 Å². The molecular formula is C18H27F2N4O10P. The number of anilines is 1. The summed E-state index contributed by atoms with van der Waals surface area (Å²) in [6, 6.07) is 0.986. The van der Waals surface area contributed by atoms with Crippen LogP contribution in [0, 0.1) is 0 Å². The van der Waals surface area contributed by atoms with E-state index in [4.69, 9.17) is 19.3 Å². The number of rotatable bonds is 10. The van der Waals surface area contributed by atoms with Crippen LogP contribution in [-0.4, -0.2) is 79.7 Å². The monoisotopic (exact) mass is 528 g/mol. The summed E-state index contributed by atoms with van der Waals surface area (Å²) in [5.41, 5.74) is -1.49. The number of aliphatic hydroxyl groups is 1. The van der Waals surface area contributed by atoms with Crippen LogP contribution in [0.3, 0.4) is 0 Å². The van der Waals surface area contributed by atoms with Gasteiger partial charge in [-0.25, -0.2) is 9.36 Å². The Bertz CT molecular complexity index is 1030. The summed E-state index contributed by atoms with van der Waals surface area (Å²) < 4.78 is 53.8. The predicted octanol–water partition coefficient (Wildman–Crippen LogP) is -0.494. The number of hydrogen-bond acceptors (Lipinski definition) is 10. The molecule has 35 heavy (non-hydrogen) atoms. The third kappa shape index (κ3) is 8.68. The molecule has 1 aliphatic rings. The van der Waals surface area contributed by atoms with Gasteiger partial charge < -0.3 is 35.0 Å². The fourth-order valence-corrected chi connectivity index (χ4v) is 3.22. The summed E-state index contributed by atoms with van der Waals surface area (Å²) in [5, 5.41) is 15.0. The number of halogens is 2. The molecule has 0 aliphatic carbocycles. The van der Waals surface area contributed by atoms with E-state index >= 15 is 0 Å². The lowest BCUT2D eigenvalue weighted by Gasteiger charge is -2.21. The van der Waals surface area contributed by atoms with E-state index in [2.05, 4.69) is 20.1 Å². The van der Waals surface area contributed by atoms with Crippen LogP contribution in [0.2, 0.25) is 0 Å². The number of aliphatic hydroxyl groups excluding tert-OH is 1. The first-order chi connectivity index (χ1) is 16.0. The third-order valence-electron chi connectivity index (χ3n) is 4.49. The Morgan fingerprint density at radius 3 is 2.57 bits per heavy atom. The van der Waals surface area contributed by atoms with E-state index < -0.39 is 63.0 Å². The van der Waals surface area contributed by atoms with Crippen LogP contribution in [0.25, 0.3) is 0 Å². The number of hydrogen-bond donors (Lipinski definition) is 5. The summed E-state index contributed by atoms with van der Waals surface area (Å²) in [4.78, 5) is 56.7. The van der Waals surface area contributed by atoms with E-state index in [0.717, 1.165) is 12.3 Å². The largest absolute Gasteiger partial charge is 0.469 e. The summed E-state index contributed by atoms with van der Waals surface area (Å²) in [6.45, 7) is 4.32. The Hall–Kier alpha value is -2.33. The summed E-state index contributed by atoms with van der Waals surface area (Å²) in [7, 11) is -5.02. The molecule has 1 aromatic heterocycles. The Balaban J connectivity index is 1.96. The first-order valence-corrected chi connectivity index (χ1v) is 11.7. The van der Waals surface area contributed by atoms with E-state index in [1.165, 1.54) is 0 Å². The van der Waals surface area contributed by atoms with Gasteiger partial charge in [0.1, 0.15) is 11.9 Å². The van der Waals surface area contributed by atoms with Crippen molar-refractivity contribution in [2.75, 3.05) is 25.1 Å². The number of nitrogens with zero attached hydrogens (tertiary/aromatic N) is 2. The van der Waals surface area contributed by atoms with Gasteiger partial charge in [-0.3, -0.25) is 18.7 Å². The number of carbonyl (C=O) groups is 2. The zero-order valence-electron chi connectivity index (χ0n) is 19.0. The smallest absolute Gasteiger partial charge is 0.456 e. The number of aromatic nitrogens is 2. The molecule has 0 aromatic carbocycles. The van der Waals surface area contributed by atoms with Gasteiger partial charge in [-0.15, -0.1) is 0 Å². The lowest BCUT2D eigenvalue weighted by atomic mass is 10.1. The number of amides is 1. The molecule has 14 nitrogen and oxygen atoms in total. The molecule has 1 fully saturated rings. The quantitative estimate of drug-likeness (QED) is 0.193. The number of phosphoric acid groups is 1. The van der Waals surface area contributed by atoms with Gasteiger partial charge in [0, 0.05) is 18.3 Å². The van der Waals surface area contributed by atoms with Gasteiger partial charge in [-0.2, -0.15) is 13.8 Å². The summed E-state index contributed by atoms with van der Waals surface area (Å²) in [6.07, 6.45) is -5.94. The number of nitrogens with one attached hydrogen (secondary N) is 2. The van der Waals surface area contributed by atoms with Crippen molar-refractivity contribution < 1.29 is 51.8 Å². The highest BCUT2D eigenvalue weighted by molar-refractivity contribution is 7.46. The molecule has 0 saturated carbocycles. The Kier molecular flexibility index (Phi) is 9.21. The molecule has 5 N–H and O–H groups in total. The van der Waals surface area contributed by atoms with Crippen molar-refractivity contribution in [2.45, 2.75) is 57.1 Å². The fourth-order valence-electron chi connectivity index (χ4n) is 2.87. The van der Waals surface area contributed by atoms with E-state index in [-0.39, 0.29) is 17.8 Å². The molecule has 0 spiro atoms. The molecule has 0 bridgehead atoms. The minimum atomic E-state index is -5.02. The van der Waals surface area contributed by atoms with Crippen LogP contribution in [0.5, 0.6) is 0 Å². The molecule has 2 rings (SSSR count). The van der Waals surface area contributed by atoms with E-state index in [1.807, 2.05) is 20.8 Å². The second-order valence-electron chi connectivity index (χ2n) is 8.57. The van der Waals surface area contributed by atoms with Gasteiger partial charge in [0.25, 0.3) is 5.91 Å². The summed E-state index contributed by atoms with van der Waals surface area (Å²) in [5.74, 6) is -5.85. The SMILES string of the molecule is CC(C)(C)NCCC(=O)OCC(=O)Nc1ccn([C@@H]2O[C@H](COP(=O)(O)O)[C@@H](O)C2(F)F)c(=O)n1. The van der Waals surface area contributed by atoms with Crippen LogP contribution in [0.15, 0.2) is 17.1 Å². The zero-order valence-corrected chi connectivity index (χ0v) is 19.9. The van der Waals surface area contributed by atoms with Crippen LogP contribution in [0.4, 0.5) is 14.6 Å². The van der Waals surface area contributed by atoms with E-state index in [9.17, 15) is 32.8 Å². The lowest BCUT2D eigenvalue weighted by molar-refractivity contribution is -0.147. The summed E-state index contributed by atoms with van der Waals surface area (Å²) >= 11 is 0. The van der Waals surface area contributed by atoms with Gasteiger partial charge >= 0.3 is 25.4 Å². The maximum Gasteiger partial charge on any atom is 0.469 e. The first-order valence-electron chi connectivity index (χ1n) is 10.2. The van der Waals surface area contributed by atoms with Gasteiger partial charge in [0.05, 0.1) is 13.0 Å². The molecule has 17 heteroatoms. The van der Waals surface area contributed by atoms with Crippen LogP contribution >= 0.6 is 7.82 Å². The van der Waals surface area contributed by atoms with Crippen molar-refractivity contribution in [3.8, 4) is 0 Å². The number of ether oxygens (including phenoxy) is 2. The number of phosphoric ester groups is 1. The third-order valence-corrected chi connectivity index (χ3v) is 4.97. The number of carbonyl (C=O) groups excluding carboxylic acids is 2. The first kappa shape index (κ1) is 28.9. The van der Waals surface area contributed by atoms with Gasteiger partial charge in [-0.05, 0) is 26.8 Å². The molecule has 2 heterocycles. The zero-order chi connectivity index (χ0) is 26.6. The van der Waals surface area contributed by atoms with Crippen LogP contribution in [0.1, 0.15) is 33.4 Å². The Morgan fingerprint density at radius 2 is 2.00 bits per heavy atom. The highest BCUT2D eigenvalue weighted by atomic mass is 31.2. The van der Waals surface area contributed by atoms with Crippen LogP contribution < -0.4 is 16.3 Å². The second-order valence-corrected chi connectivity index (χ2v) is 9.81. The highest BCUT2D eigenvalue weighted by Gasteiger charge is 2.60. The minimum absolute atomic E-state index is 0.0144. The van der Waals surface area contributed by atoms with Gasteiger partial charge in [0.2, 0.25) is 6.23 Å². The average molecular weight is 528 g/mol. The van der Waals surface area contributed by atoms with E-state index in [0.29, 0.717) is 11.1 Å². The maximum atomic E-state index is 14.4. The topological polar surface area (TPSA) is 199 Å². The molecule has 1 saturated heterocycles. The minimum Gasteiger partial charge on any atom is -0.456 e. The standard InChI is InChI=1S/C18H27F2N4O10P/c1-17(2,3)21-6-4-13(26)32-9-12(25)22-11-5-7-24(16(28)23-11)15-18(19,20)14(27)10(34-15)8-33-35(29,30)31/h5,7,10,14-15,21,27H,4,6,8-9H2,1-3H3,(H2,29,30,31)(H,22,23,25,28)/t10-,14-,15-/m1/s1. The van der Waals surface area contributed by atoms with Crippen molar-refractivity contribution in [1.82, 2.24) is 14.9 Å². The molecular weight excluding hydrogens is 501 g/mol. The van der Waals surface area contributed by atoms with Crippen molar-refractivity contribution in [1.29, 1.82) is 0 Å².